The van der Waals surface area contributed by atoms with Crippen LogP contribution in [0.15, 0.2) is 24.7 Å². The molecule has 1 fully saturated rings. The van der Waals surface area contributed by atoms with Crippen LogP contribution in [-0.2, 0) is 13.2 Å². The lowest BCUT2D eigenvalue weighted by molar-refractivity contribution is -0.141. The van der Waals surface area contributed by atoms with Gasteiger partial charge in [0.25, 0.3) is 5.91 Å². The molecular formula is C16H17F3N4O2. The summed E-state index contributed by atoms with van der Waals surface area (Å²) in [6.45, 7) is 0.776. The van der Waals surface area contributed by atoms with Crippen LogP contribution in [0.2, 0.25) is 0 Å². The second-order valence-electron chi connectivity index (χ2n) is 6.12. The first-order chi connectivity index (χ1) is 11.8. The fraction of sp³-hybridized carbons (Fsp3) is 0.438. The molecule has 0 bridgehead atoms. The van der Waals surface area contributed by atoms with Crippen molar-refractivity contribution in [3.8, 4) is 5.75 Å². The third kappa shape index (κ3) is 3.59. The zero-order valence-corrected chi connectivity index (χ0v) is 13.5. The van der Waals surface area contributed by atoms with Crippen LogP contribution in [0, 0.1) is 0 Å². The van der Waals surface area contributed by atoms with Crippen molar-refractivity contribution in [2.45, 2.75) is 24.9 Å². The molecule has 1 unspecified atom stereocenters. The van der Waals surface area contributed by atoms with Gasteiger partial charge in [-0.2, -0.15) is 13.2 Å². The van der Waals surface area contributed by atoms with E-state index in [0.717, 1.165) is 6.20 Å². The van der Waals surface area contributed by atoms with Crippen LogP contribution in [0.4, 0.5) is 13.2 Å². The van der Waals surface area contributed by atoms with Crippen LogP contribution in [-0.4, -0.2) is 43.5 Å². The highest BCUT2D eigenvalue weighted by molar-refractivity contribution is 5.94. The third-order valence-corrected chi connectivity index (χ3v) is 4.25. The average molecular weight is 354 g/mol. The summed E-state index contributed by atoms with van der Waals surface area (Å²) in [7, 11) is 1.53. The Kier molecular flexibility index (Phi) is 4.40. The highest BCUT2D eigenvalue weighted by Crippen LogP contribution is 2.32. The van der Waals surface area contributed by atoms with Crippen molar-refractivity contribution < 1.29 is 23.1 Å². The molecule has 3 heterocycles. The monoisotopic (exact) mass is 354 g/mol. The average Bonchev–Trinajstić information content (AvgIpc) is 2.96. The van der Waals surface area contributed by atoms with Crippen LogP contribution >= 0.6 is 0 Å². The first-order valence-corrected chi connectivity index (χ1v) is 7.79. The van der Waals surface area contributed by atoms with Crippen LogP contribution in [0.25, 0.3) is 0 Å². The minimum Gasteiger partial charge on any atom is -0.506 e. The molecule has 9 heteroatoms. The second-order valence-corrected chi connectivity index (χ2v) is 6.12. The van der Waals surface area contributed by atoms with Gasteiger partial charge in [0.05, 0.1) is 11.8 Å². The van der Waals surface area contributed by atoms with E-state index in [0.29, 0.717) is 25.2 Å². The molecule has 1 amide bonds. The van der Waals surface area contributed by atoms with E-state index in [4.69, 9.17) is 0 Å². The lowest BCUT2D eigenvalue weighted by Crippen LogP contribution is -2.39. The summed E-state index contributed by atoms with van der Waals surface area (Å²) in [5.41, 5.74) is -0.679. The number of hydrogen-bond donors (Lipinski definition) is 1. The van der Waals surface area contributed by atoms with Gasteiger partial charge < -0.3 is 14.6 Å². The topological polar surface area (TPSA) is 71.2 Å². The maximum absolute atomic E-state index is 12.8. The lowest BCUT2D eigenvalue weighted by Gasteiger charge is -2.32. The standard InChI is InChI=1S/C16H17F3N4O2/c1-22-9-13(16(17,18)19)21-14(22)10-3-2-4-23(8-10)15(25)11-5-12(24)7-20-6-11/h5-7,9-10,24H,2-4,8H2,1H3. The molecule has 1 aliphatic heterocycles. The number of piperidine rings is 1. The molecule has 0 aliphatic carbocycles. The Bertz CT molecular complexity index is 788. The SMILES string of the molecule is Cn1cc(C(F)(F)F)nc1C1CCCN(C(=O)c2cncc(O)c2)C1. The molecule has 6 nitrogen and oxygen atoms in total. The van der Waals surface area contributed by atoms with Crippen LogP contribution in [0.3, 0.4) is 0 Å². The molecule has 1 N–H and O–H groups in total. The number of halogens is 3. The number of rotatable bonds is 2. The fourth-order valence-electron chi connectivity index (χ4n) is 3.10. The number of hydrogen-bond acceptors (Lipinski definition) is 4. The van der Waals surface area contributed by atoms with E-state index in [1.54, 1.807) is 4.90 Å². The van der Waals surface area contributed by atoms with Crippen molar-refractivity contribution in [3.63, 3.8) is 0 Å². The van der Waals surface area contributed by atoms with E-state index in [1.807, 2.05) is 0 Å². The minimum absolute atomic E-state index is 0.113. The van der Waals surface area contributed by atoms with E-state index >= 15 is 0 Å². The van der Waals surface area contributed by atoms with E-state index in [1.165, 1.54) is 30.1 Å². The number of pyridine rings is 1. The maximum Gasteiger partial charge on any atom is 0.434 e. The van der Waals surface area contributed by atoms with Gasteiger partial charge in [-0.3, -0.25) is 9.78 Å². The molecule has 1 aliphatic rings. The van der Waals surface area contributed by atoms with Gasteiger partial charge in [0.2, 0.25) is 0 Å². The van der Waals surface area contributed by atoms with Crippen molar-refractivity contribution in [1.29, 1.82) is 0 Å². The molecule has 0 spiro atoms. The minimum atomic E-state index is -4.49. The summed E-state index contributed by atoms with van der Waals surface area (Å²) >= 11 is 0. The molecule has 0 saturated carbocycles. The fourth-order valence-corrected chi connectivity index (χ4v) is 3.10. The predicted octanol–water partition coefficient (Wildman–Crippen LogP) is 2.56. The summed E-state index contributed by atoms with van der Waals surface area (Å²) in [6.07, 6.45) is 0.375. The Labute approximate surface area is 141 Å². The molecule has 2 aromatic rings. The molecule has 0 radical (unpaired) electrons. The van der Waals surface area contributed by atoms with Gasteiger partial charge in [-0.25, -0.2) is 4.98 Å². The molecule has 1 atom stereocenters. The van der Waals surface area contributed by atoms with Gasteiger partial charge in [-0.15, -0.1) is 0 Å². The normalized spacial score (nSPS) is 18.4. The molecular weight excluding hydrogens is 337 g/mol. The first kappa shape index (κ1) is 17.2. The van der Waals surface area contributed by atoms with E-state index in [2.05, 4.69) is 9.97 Å². The van der Waals surface area contributed by atoms with E-state index in [9.17, 15) is 23.1 Å². The lowest BCUT2D eigenvalue weighted by atomic mass is 9.96. The van der Waals surface area contributed by atoms with Crippen molar-refractivity contribution >= 4 is 5.91 Å². The largest absolute Gasteiger partial charge is 0.506 e. The molecule has 134 valence electrons. The number of likely N-dealkylation sites (tertiary alicyclic amines) is 1. The summed E-state index contributed by atoms with van der Waals surface area (Å²) in [5, 5.41) is 9.45. The van der Waals surface area contributed by atoms with E-state index in [-0.39, 0.29) is 29.7 Å². The zero-order chi connectivity index (χ0) is 18.2. The third-order valence-electron chi connectivity index (χ3n) is 4.25. The van der Waals surface area contributed by atoms with E-state index < -0.39 is 11.9 Å². The Morgan fingerprint density at radius 1 is 1.36 bits per heavy atom. The second kappa shape index (κ2) is 6.38. The highest BCUT2D eigenvalue weighted by atomic mass is 19.4. The number of aromatic nitrogens is 3. The number of aryl methyl sites for hydroxylation is 1. The highest BCUT2D eigenvalue weighted by Gasteiger charge is 2.36. The molecule has 0 aromatic carbocycles. The van der Waals surface area contributed by atoms with Gasteiger partial charge in [0, 0.05) is 38.4 Å². The Morgan fingerprint density at radius 3 is 2.76 bits per heavy atom. The molecule has 3 rings (SSSR count). The summed E-state index contributed by atoms with van der Waals surface area (Å²) in [6, 6.07) is 1.32. The first-order valence-electron chi connectivity index (χ1n) is 7.79. The Balaban J connectivity index is 1.80. The molecule has 1 saturated heterocycles. The Hall–Kier alpha value is -2.58. The molecule has 2 aromatic heterocycles. The van der Waals surface area contributed by atoms with Crippen molar-refractivity contribution in [1.82, 2.24) is 19.4 Å². The van der Waals surface area contributed by atoms with Crippen LogP contribution in [0.1, 0.15) is 40.6 Å². The number of imidazole rings is 1. The van der Waals surface area contributed by atoms with Gasteiger partial charge >= 0.3 is 6.18 Å². The number of nitrogens with zero attached hydrogens (tertiary/aromatic N) is 4. The quantitative estimate of drug-likeness (QED) is 0.900. The van der Waals surface area contributed by atoms with Crippen LogP contribution < -0.4 is 0 Å². The summed E-state index contributed by atoms with van der Waals surface area (Å²) in [4.78, 5) is 21.6. The number of amides is 1. The van der Waals surface area contributed by atoms with Gasteiger partial charge in [0.1, 0.15) is 11.6 Å². The Morgan fingerprint density at radius 2 is 2.12 bits per heavy atom. The van der Waals surface area contributed by atoms with Crippen molar-refractivity contribution in [2.75, 3.05) is 13.1 Å². The van der Waals surface area contributed by atoms with Crippen molar-refractivity contribution in [2.24, 2.45) is 7.05 Å². The van der Waals surface area contributed by atoms with Crippen molar-refractivity contribution in [3.05, 3.63) is 41.7 Å². The number of carbonyl (C=O) groups is 1. The number of alkyl halides is 3. The van der Waals surface area contributed by atoms with Gasteiger partial charge in [-0.05, 0) is 18.9 Å². The zero-order valence-electron chi connectivity index (χ0n) is 13.5. The summed E-state index contributed by atoms with van der Waals surface area (Å²) in [5.74, 6) is -0.375. The van der Waals surface area contributed by atoms with Gasteiger partial charge in [-0.1, -0.05) is 0 Å². The predicted molar refractivity (Wildman–Crippen MR) is 82.0 cm³/mol. The van der Waals surface area contributed by atoms with Gasteiger partial charge in [0.15, 0.2) is 5.69 Å². The van der Waals surface area contributed by atoms with Crippen LogP contribution in [0.5, 0.6) is 5.75 Å². The smallest absolute Gasteiger partial charge is 0.434 e. The summed E-state index contributed by atoms with van der Waals surface area (Å²) < 4.78 is 39.9. The number of carbonyl (C=O) groups excluding carboxylic acids is 1. The molecule has 25 heavy (non-hydrogen) atoms. The number of aromatic hydroxyl groups is 1. The maximum atomic E-state index is 12.8.